The van der Waals surface area contributed by atoms with Crippen LogP contribution < -0.4 is 16.4 Å². The van der Waals surface area contributed by atoms with Crippen molar-refractivity contribution in [3.63, 3.8) is 0 Å². The number of ether oxygens (including phenoxy) is 1. The fourth-order valence-electron chi connectivity index (χ4n) is 1.62. The van der Waals surface area contributed by atoms with E-state index in [-0.39, 0.29) is 18.4 Å². The molecule has 2 amide bonds. The maximum atomic E-state index is 11.8. The van der Waals surface area contributed by atoms with Gasteiger partial charge in [-0.15, -0.1) is 0 Å². The highest BCUT2D eigenvalue weighted by molar-refractivity contribution is 5.90. The van der Waals surface area contributed by atoms with Gasteiger partial charge in [0.15, 0.2) is 0 Å². The van der Waals surface area contributed by atoms with Gasteiger partial charge in [0.1, 0.15) is 12.6 Å². The van der Waals surface area contributed by atoms with Crippen molar-refractivity contribution in [1.82, 2.24) is 10.6 Å². The van der Waals surface area contributed by atoms with Gasteiger partial charge in [0.05, 0.1) is 12.6 Å². The molecule has 7 nitrogen and oxygen atoms in total. The molecule has 2 atom stereocenters. The van der Waals surface area contributed by atoms with E-state index < -0.39 is 24.0 Å². The molecule has 0 aromatic heterocycles. The summed E-state index contributed by atoms with van der Waals surface area (Å²) in [4.78, 5) is 35.0. The van der Waals surface area contributed by atoms with Crippen molar-refractivity contribution < 1.29 is 19.1 Å². The number of hydrogen-bond acceptors (Lipinski definition) is 5. The van der Waals surface area contributed by atoms with Crippen molar-refractivity contribution in [3.05, 3.63) is 0 Å². The Bertz CT molecular complexity index is 383. The van der Waals surface area contributed by atoms with E-state index in [0.29, 0.717) is 18.9 Å². The molecule has 0 rings (SSSR count). The summed E-state index contributed by atoms with van der Waals surface area (Å²) in [6.07, 6.45) is 0.543. The highest BCUT2D eigenvalue weighted by Gasteiger charge is 2.21. The van der Waals surface area contributed by atoms with Crippen LogP contribution in [0.4, 0.5) is 0 Å². The first-order valence-electron chi connectivity index (χ1n) is 7.62. The van der Waals surface area contributed by atoms with E-state index in [4.69, 9.17) is 10.5 Å². The van der Waals surface area contributed by atoms with Gasteiger partial charge in [-0.05, 0) is 25.2 Å². The summed E-state index contributed by atoms with van der Waals surface area (Å²) in [7, 11) is 0. The predicted molar refractivity (Wildman–Crippen MR) is 83.8 cm³/mol. The van der Waals surface area contributed by atoms with Crippen molar-refractivity contribution in [2.24, 2.45) is 17.6 Å². The van der Waals surface area contributed by atoms with E-state index >= 15 is 0 Å². The van der Waals surface area contributed by atoms with Crippen molar-refractivity contribution in [2.75, 3.05) is 13.2 Å². The van der Waals surface area contributed by atoms with Crippen molar-refractivity contribution in [3.8, 4) is 0 Å². The van der Waals surface area contributed by atoms with Gasteiger partial charge < -0.3 is 21.1 Å². The molecule has 0 aliphatic rings. The summed E-state index contributed by atoms with van der Waals surface area (Å²) in [5.74, 6) is -0.802. The van der Waals surface area contributed by atoms with Gasteiger partial charge in [-0.3, -0.25) is 14.4 Å². The number of esters is 1. The third kappa shape index (κ3) is 9.33. The molecule has 0 aromatic carbocycles. The highest BCUT2D eigenvalue weighted by atomic mass is 16.5. The molecule has 4 N–H and O–H groups in total. The molecule has 128 valence electrons. The second kappa shape index (κ2) is 10.2. The standard InChI is InChI=1S/C15H29N3O4/c1-9(2)6-12(16)15(21)18-11(5)14(20)17-7-13(19)22-8-10(3)4/h9-12H,6-8,16H2,1-5H3,(H,17,20)(H,18,21)/t11-,12-/m0/s1. The highest BCUT2D eigenvalue weighted by Crippen LogP contribution is 2.02. The summed E-state index contributed by atoms with van der Waals surface area (Å²) in [6.45, 7) is 9.40. The van der Waals surface area contributed by atoms with Gasteiger partial charge in [0.25, 0.3) is 0 Å². The lowest BCUT2D eigenvalue weighted by molar-refractivity contribution is -0.145. The van der Waals surface area contributed by atoms with Crippen molar-refractivity contribution in [2.45, 2.75) is 53.1 Å². The Morgan fingerprint density at radius 3 is 2.09 bits per heavy atom. The maximum absolute atomic E-state index is 11.8. The Labute approximate surface area is 132 Å². The molecule has 0 radical (unpaired) electrons. The molecule has 0 fully saturated rings. The molecule has 0 aromatic rings. The monoisotopic (exact) mass is 315 g/mol. The minimum absolute atomic E-state index is 0.218. The van der Waals surface area contributed by atoms with E-state index in [9.17, 15) is 14.4 Å². The molecular weight excluding hydrogens is 286 g/mol. The average Bonchev–Trinajstić information content (AvgIpc) is 2.41. The topological polar surface area (TPSA) is 111 Å². The van der Waals surface area contributed by atoms with Crippen LogP contribution in [0.2, 0.25) is 0 Å². The van der Waals surface area contributed by atoms with Gasteiger partial charge in [-0.25, -0.2) is 0 Å². The second-order valence-electron chi connectivity index (χ2n) is 6.26. The molecule has 0 saturated carbocycles. The lowest BCUT2D eigenvalue weighted by Gasteiger charge is -2.18. The Morgan fingerprint density at radius 2 is 1.59 bits per heavy atom. The molecule has 0 heterocycles. The molecule has 22 heavy (non-hydrogen) atoms. The number of hydrogen-bond donors (Lipinski definition) is 3. The van der Waals surface area contributed by atoms with Gasteiger partial charge in [-0.1, -0.05) is 27.7 Å². The lowest BCUT2D eigenvalue weighted by Crippen LogP contribution is -2.51. The first-order chi connectivity index (χ1) is 10.1. The van der Waals surface area contributed by atoms with Gasteiger partial charge in [-0.2, -0.15) is 0 Å². The number of amides is 2. The molecule has 0 unspecified atom stereocenters. The summed E-state index contributed by atoms with van der Waals surface area (Å²) in [5, 5.41) is 4.95. The molecular formula is C15H29N3O4. The van der Waals surface area contributed by atoms with E-state index in [0.717, 1.165) is 0 Å². The minimum atomic E-state index is -0.761. The third-order valence-electron chi connectivity index (χ3n) is 2.80. The molecule has 0 saturated heterocycles. The summed E-state index contributed by atoms with van der Waals surface area (Å²) >= 11 is 0. The van der Waals surface area contributed by atoms with Crippen LogP contribution in [0, 0.1) is 11.8 Å². The first kappa shape index (κ1) is 20.4. The number of nitrogens with one attached hydrogen (secondary N) is 2. The van der Waals surface area contributed by atoms with E-state index in [2.05, 4.69) is 10.6 Å². The fourth-order valence-corrected chi connectivity index (χ4v) is 1.62. The quantitative estimate of drug-likeness (QED) is 0.526. The SMILES string of the molecule is CC(C)COC(=O)CNC(=O)[C@H](C)NC(=O)[C@@H](N)CC(C)C. The maximum Gasteiger partial charge on any atom is 0.325 e. The number of carbonyl (C=O) groups is 3. The smallest absolute Gasteiger partial charge is 0.325 e. The summed E-state index contributed by atoms with van der Waals surface area (Å²) in [6, 6.07) is -1.41. The van der Waals surface area contributed by atoms with E-state index in [1.54, 1.807) is 0 Å². The molecule has 0 aliphatic carbocycles. The zero-order chi connectivity index (χ0) is 17.3. The molecule has 7 heteroatoms. The zero-order valence-corrected chi connectivity index (χ0v) is 14.1. The minimum Gasteiger partial charge on any atom is -0.464 e. The Hall–Kier alpha value is -1.63. The van der Waals surface area contributed by atoms with Crippen molar-refractivity contribution >= 4 is 17.8 Å². The van der Waals surface area contributed by atoms with Crippen LogP contribution in [-0.2, 0) is 19.1 Å². The molecule has 0 bridgehead atoms. The largest absolute Gasteiger partial charge is 0.464 e. The zero-order valence-electron chi connectivity index (χ0n) is 14.1. The lowest BCUT2D eigenvalue weighted by atomic mass is 10.0. The summed E-state index contributed by atoms with van der Waals surface area (Å²) < 4.78 is 4.94. The number of nitrogens with two attached hydrogens (primary N) is 1. The molecule has 0 spiro atoms. The Morgan fingerprint density at radius 1 is 1.00 bits per heavy atom. The predicted octanol–water partition coefficient (Wildman–Crippen LogP) is 0.180. The van der Waals surface area contributed by atoms with Gasteiger partial charge in [0.2, 0.25) is 11.8 Å². The van der Waals surface area contributed by atoms with Crippen LogP contribution in [0.3, 0.4) is 0 Å². The third-order valence-corrected chi connectivity index (χ3v) is 2.80. The second-order valence-corrected chi connectivity index (χ2v) is 6.26. The fraction of sp³-hybridized carbons (Fsp3) is 0.800. The van der Waals surface area contributed by atoms with Crippen LogP contribution in [0.15, 0.2) is 0 Å². The van der Waals surface area contributed by atoms with Gasteiger partial charge >= 0.3 is 5.97 Å². The Balaban J connectivity index is 4.11. The van der Waals surface area contributed by atoms with Crippen LogP contribution >= 0.6 is 0 Å². The molecule has 0 aliphatic heterocycles. The van der Waals surface area contributed by atoms with E-state index in [1.165, 1.54) is 6.92 Å². The number of rotatable bonds is 9. The first-order valence-corrected chi connectivity index (χ1v) is 7.62. The van der Waals surface area contributed by atoms with Crippen LogP contribution in [0.5, 0.6) is 0 Å². The van der Waals surface area contributed by atoms with Crippen molar-refractivity contribution in [1.29, 1.82) is 0 Å². The van der Waals surface area contributed by atoms with Crippen LogP contribution in [0.25, 0.3) is 0 Å². The number of carbonyl (C=O) groups excluding carboxylic acids is 3. The summed E-state index contributed by atoms with van der Waals surface area (Å²) in [5.41, 5.74) is 5.74. The van der Waals surface area contributed by atoms with Crippen LogP contribution in [0.1, 0.15) is 41.0 Å². The Kier molecular flexibility index (Phi) is 9.40. The van der Waals surface area contributed by atoms with E-state index in [1.807, 2.05) is 27.7 Å². The van der Waals surface area contributed by atoms with Gasteiger partial charge in [0, 0.05) is 0 Å². The van der Waals surface area contributed by atoms with Crippen LogP contribution in [-0.4, -0.2) is 43.0 Å². The average molecular weight is 315 g/mol. The normalized spacial score (nSPS) is 13.6.